The topological polar surface area (TPSA) is 98.8 Å². The number of rotatable bonds is 8. The Morgan fingerprint density at radius 3 is 2.52 bits per heavy atom. The van der Waals surface area contributed by atoms with Gasteiger partial charge in [-0.15, -0.1) is 0 Å². The zero-order valence-electron chi connectivity index (χ0n) is 14.8. The van der Waals surface area contributed by atoms with Gasteiger partial charge in [0.2, 0.25) is 0 Å². The van der Waals surface area contributed by atoms with Gasteiger partial charge in [-0.05, 0) is 48.8 Å². The molecule has 8 nitrogen and oxygen atoms in total. The third kappa shape index (κ3) is 8.69. The summed E-state index contributed by atoms with van der Waals surface area (Å²) in [6.07, 6.45) is -0.470. The van der Waals surface area contributed by atoms with Crippen LogP contribution in [0.25, 0.3) is 0 Å². The number of halogens is 1. The van der Waals surface area contributed by atoms with Crippen molar-refractivity contribution in [3.05, 3.63) is 22.3 Å². The van der Waals surface area contributed by atoms with Crippen LogP contribution in [0.15, 0.2) is 16.6 Å². The maximum atomic E-state index is 11.5. The van der Waals surface area contributed by atoms with E-state index in [-0.39, 0.29) is 5.69 Å². The fraction of sp³-hybridized carbons (Fsp3) is 0.562. The number of ether oxygens (including phenoxy) is 3. The maximum absolute atomic E-state index is 11.5. The Morgan fingerprint density at radius 2 is 1.88 bits per heavy atom. The molecule has 0 bridgehead atoms. The van der Waals surface area contributed by atoms with Crippen molar-refractivity contribution in [2.24, 2.45) is 0 Å². The van der Waals surface area contributed by atoms with Gasteiger partial charge in [-0.3, -0.25) is 0 Å². The Hall–Kier alpha value is -1.87. The second-order valence-corrected chi connectivity index (χ2v) is 6.84. The number of esters is 1. The van der Waals surface area contributed by atoms with Crippen LogP contribution in [0.5, 0.6) is 0 Å². The zero-order chi connectivity index (χ0) is 18.9. The van der Waals surface area contributed by atoms with Gasteiger partial charge in [0.05, 0.1) is 24.8 Å². The molecule has 1 aromatic rings. The minimum atomic E-state index is -0.520. The lowest BCUT2D eigenvalue weighted by molar-refractivity contribution is 0.0501. The molecule has 0 saturated carbocycles. The predicted octanol–water partition coefficient (Wildman–Crippen LogP) is 2.58. The Balaban J connectivity index is 2.24. The van der Waals surface area contributed by atoms with Crippen molar-refractivity contribution in [3.8, 4) is 0 Å². The van der Waals surface area contributed by atoms with Crippen molar-refractivity contribution in [3.63, 3.8) is 0 Å². The average Bonchev–Trinajstić information content (AvgIpc) is 2.53. The van der Waals surface area contributed by atoms with E-state index in [1.807, 2.05) is 0 Å². The third-order valence-electron chi connectivity index (χ3n) is 2.69. The van der Waals surface area contributed by atoms with Crippen molar-refractivity contribution >= 4 is 33.8 Å². The van der Waals surface area contributed by atoms with Gasteiger partial charge in [0, 0.05) is 13.1 Å². The summed E-state index contributed by atoms with van der Waals surface area (Å²) in [5.41, 5.74) is -0.302. The summed E-state index contributed by atoms with van der Waals surface area (Å²) in [6.45, 7) is 7.02. The molecule has 0 radical (unpaired) electrons. The molecular formula is C16H24BrN3O5. The number of anilines is 1. The summed E-state index contributed by atoms with van der Waals surface area (Å²) in [5.74, 6) is 0.0263. The van der Waals surface area contributed by atoms with Crippen molar-refractivity contribution in [1.82, 2.24) is 10.3 Å². The van der Waals surface area contributed by atoms with E-state index in [4.69, 9.17) is 9.47 Å². The maximum Gasteiger partial charge on any atom is 0.407 e. The highest BCUT2D eigenvalue weighted by Crippen LogP contribution is 2.20. The van der Waals surface area contributed by atoms with E-state index in [2.05, 4.69) is 36.3 Å². The van der Waals surface area contributed by atoms with Crippen LogP contribution >= 0.6 is 15.9 Å². The first-order chi connectivity index (χ1) is 11.7. The molecule has 0 unspecified atom stereocenters. The molecule has 0 aliphatic rings. The minimum Gasteiger partial charge on any atom is -0.464 e. The first kappa shape index (κ1) is 21.2. The first-order valence-electron chi connectivity index (χ1n) is 7.76. The van der Waals surface area contributed by atoms with E-state index in [1.54, 1.807) is 32.9 Å². The van der Waals surface area contributed by atoms with Crippen LogP contribution in [0.4, 0.5) is 10.6 Å². The molecule has 25 heavy (non-hydrogen) atoms. The summed E-state index contributed by atoms with van der Waals surface area (Å²) >= 11 is 3.36. The fourth-order valence-electron chi connectivity index (χ4n) is 1.67. The van der Waals surface area contributed by atoms with Gasteiger partial charge in [-0.2, -0.15) is 0 Å². The van der Waals surface area contributed by atoms with Gasteiger partial charge in [0.1, 0.15) is 11.4 Å². The molecule has 0 spiro atoms. The van der Waals surface area contributed by atoms with Crippen LogP contribution in [0.3, 0.4) is 0 Å². The molecule has 1 aromatic heterocycles. The summed E-state index contributed by atoms with van der Waals surface area (Å²) in [6, 6.07) is 3.28. The first-order valence-corrected chi connectivity index (χ1v) is 8.55. The van der Waals surface area contributed by atoms with E-state index in [0.717, 1.165) is 4.47 Å². The molecule has 0 saturated heterocycles. The SMILES string of the molecule is COC(=O)c1ccc(Br)c(NCCOCCNC(=O)OC(C)(C)C)n1. The van der Waals surface area contributed by atoms with Crippen molar-refractivity contribution in [1.29, 1.82) is 0 Å². The lowest BCUT2D eigenvalue weighted by Gasteiger charge is -2.19. The number of pyridine rings is 1. The number of nitrogens with one attached hydrogen (secondary N) is 2. The Kier molecular flexibility index (Phi) is 8.64. The molecule has 2 N–H and O–H groups in total. The number of aromatic nitrogens is 1. The van der Waals surface area contributed by atoms with Crippen LogP contribution < -0.4 is 10.6 Å². The normalized spacial score (nSPS) is 10.9. The van der Waals surface area contributed by atoms with Crippen LogP contribution in [-0.4, -0.2) is 56.1 Å². The molecule has 0 atom stereocenters. The molecule has 9 heteroatoms. The van der Waals surface area contributed by atoms with E-state index in [0.29, 0.717) is 32.1 Å². The van der Waals surface area contributed by atoms with Gasteiger partial charge in [-0.25, -0.2) is 14.6 Å². The highest BCUT2D eigenvalue weighted by Gasteiger charge is 2.15. The lowest BCUT2D eigenvalue weighted by Crippen LogP contribution is -2.34. The summed E-state index contributed by atoms with van der Waals surface area (Å²) in [7, 11) is 1.30. The van der Waals surface area contributed by atoms with Gasteiger partial charge in [-0.1, -0.05) is 0 Å². The van der Waals surface area contributed by atoms with Crippen molar-refractivity contribution in [2.45, 2.75) is 26.4 Å². The minimum absolute atomic E-state index is 0.218. The van der Waals surface area contributed by atoms with Crippen LogP contribution in [0, 0.1) is 0 Å². The quantitative estimate of drug-likeness (QED) is 0.495. The van der Waals surface area contributed by atoms with Gasteiger partial charge in [0.25, 0.3) is 0 Å². The van der Waals surface area contributed by atoms with Crippen molar-refractivity contribution < 1.29 is 23.8 Å². The number of carbonyl (C=O) groups excluding carboxylic acids is 2. The summed E-state index contributed by atoms with van der Waals surface area (Å²) in [5, 5.41) is 5.67. The Bertz CT molecular complexity index is 590. The lowest BCUT2D eigenvalue weighted by atomic mass is 10.2. The number of amides is 1. The number of hydrogen-bond donors (Lipinski definition) is 2. The van der Waals surface area contributed by atoms with Crippen molar-refractivity contribution in [2.75, 3.05) is 38.7 Å². The summed E-state index contributed by atoms with van der Waals surface area (Å²) in [4.78, 5) is 27.1. The van der Waals surface area contributed by atoms with Gasteiger partial charge < -0.3 is 24.8 Å². The van der Waals surface area contributed by atoms with E-state index in [9.17, 15) is 9.59 Å². The predicted molar refractivity (Wildman–Crippen MR) is 96.8 cm³/mol. The number of nitrogens with zero attached hydrogens (tertiary/aromatic N) is 1. The zero-order valence-corrected chi connectivity index (χ0v) is 16.4. The van der Waals surface area contributed by atoms with Crippen LogP contribution in [0.1, 0.15) is 31.3 Å². The summed E-state index contributed by atoms with van der Waals surface area (Å²) < 4.78 is 15.9. The molecule has 0 aromatic carbocycles. The highest BCUT2D eigenvalue weighted by atomic mass is 79.9. The largest absolute Gasteiger partial charge is 0.464 e. The Labute approximate surface area is 155 Å². The molecule has 0 aliphatic heterocycles. The fourth-order valence-corrected chi connectivity index (χ4v) is 2.03. The molecule has 140 valence electrons. The van der Waals surface area contributed by atoms with E-state index < -0.39 is 17.7 Å². The number of hydrogen-bond acceptors (Lipinski definition) is 7. The Morgan fingerprint density at radius 1 is 1.20 bits per heavy atom. The molecular weight excluding hydrogens is 394 g/mol. The second kappa shape index (κ2) is 10.2. The molecule has 0 fully saturated rings. The molecule has 1 heterocycles. The number of methoxy groups -OCH3 is 1. The monoisotopic (exact) mass is 417 g/mol. The van der Waals surface area contributed by atoms with E-state index >= 15 is 0 Å². The molecule has 1 amide bonds. The highest BCUT2D eigenvalue weighted by molar-refractivity contribution is 9.10. The molecule has 1 rings (SSSR count). The molecule has 0 aliphatic carbocycles. The van der Waals surface area contributed by atoms with Gasteiger partial charge >= 0.3 is 12.1 Å². The third-order valence-corrected chi connectivity index (χ3v) is 3.33. The average molecular weight is 418 g/mol. The van der Waals surface area contributed by atoms with Gasteiger partial charge in [0.15, 0.2) is 5.69 Å². The smallest absolute Gasteiger partial charge is 0.407 e. The standard InChI is InChI=1S/C16H24BrN3O5/c1-16(2,3)25-15(22)19-8-10-24-9-7-18-13-11(17)5-6-12(20-13)14(21)23-4/h5-6H,7-10H2,1-4H3,(H,18,20)(H,19,22). The second-order valence-electron chi connectivity index (χ2n) is 5.99. The number of carbonyl (C=O) groups is 2. The van der Waals surface area contributed by atoms with E-state index in [1.165, 1.54) is 7.11 Å². The van der Waals surface area contributed by atoms with Crippen LogP contribution in [0.2, 0.25) is 0 Å². The number of alkyl carbamates (subject to hydrolysis) is 1. The van der Waals surface area contributed by atoms with Crippen LogP contribution in [-0.2, 0) is 14.2 Å².